The van der Waals surface area contributed by atoms with Crippen LogP contribution in [-0.4, -0.2) is 40.3 Å². The molecule has 0 saturated carbocycles. The number of methoxy groups -OCH3 is 1. The molecule has 140 valence electrons. The van der Waals surface area contributed by atoms with Crippen LogP contribution in [0.4, 0.5) is 0 Å². The van der Waals surface area contributed by atoms with Gasteiger partial charge in [-0.15, -0.1) is 10.2 Å². The van der Waals surface area contributed by atoms with Gasteiger partial charge < -0.3 is 9.47 Å². The van der Waals surface area contributed by atoms with Gasteiger partial charge in [0.2, 0.25) is 0 Å². The summed E-state index contributed by atoms with van der Waals surface area (Å²) in [6.45, 7) is 0.867. The highest BCUT2D eigenvalue weighted by atomic mass is 32.2. The maximum Gasteiger partial charge on any atom is 0.196 e. The van der Waals surface area contributed by atoms with E-state index in [0.29, 0.717) is 6.10 Å². The average Bonchev–Trinajstić information content (AvgIpc) is 3.17. The number of hydrogen-bond donors (Lipinski definition) is 0. The Morgan fingerprint density at radius 2 is 1.89 bits per heavy atom. The SMILES string of the molecule is COc1ccc(-n2c(SC[C@@H]3CCCCO3)nnc2-c2ccccc2)cc1. The fourth-order valence-electron chi connectivity index (χ4n) is 3.21. The first-order valence-corrected chi connectivity index (χ1v) is 10.2. The van der Waals surface area contributed by atoms with Crippen LogP contribution in [0.2, 0.25) is 0 Å². The molecule has 1 aromatic heterocycles. The number of ether oxygens (including phenoxy) is 2. The van der Waals surface area contributed by atoms with Gasteiger partial charge >= 0.3 is 0 Å². The fraction of sp³-hybridized carbons (Fsp3) is 0.333. The number of aromatic nitrogens is 3. The second-order valence-corrected chi connectivity index (χ2v) is 7.49. The minimum atomic E-state index is 0.296. The van der Waals surface area contributed by atoms with Crippen LogP contribution in [0.1, 0.15) is 19.3 Å². The van der Waals surface area contributed by atoms with Gasteiger partial charge in [0.05, 0.1) is 13.2 Å². The Bertz CT molecular complexity index is 859. The molecule has 1 saturated heterocycles. The van der Waals surface area contributed by atoms with Gasteiger partial charge in [-0.25, -0.2) is 0 Å². The smallest absolute Gasteiger partial charge is 0.196 e. The van der Waals surface area contributed by atoms with Crippen molar-refractivity contribution in [2.75, 3.05) is 19.5 Å². The Balaban J connectivity index is 1.66. The molecular formula is C21H23N3O2S. The van der Waals surface area contributed by atoms with Crippen molar-refractivity contribution in [3.8, 4) is 22.8 Å². The number of hydrogen-bond acceptors (Lipinski definition) is 5. The third-order valence-electron chi connectivity index (χ3n) is 4.67. The molecule has 0 spiro atoms. The molecule has 5 nitrogen and oxygen atoms in total. The largest absolute Gasteiger partial charge is 0.497 e. The van der Waals surface area contributed by atoms with Crippen molar-refractivity contribution in [1.29, 1.82) is 0 Å². The summed E-state index contributed by atoms with van der Waals surface area (Å²) < 4.78 is 13.3. The zero-order valence-electron chi connectivity index (χ0n) is 15.4. The van der Waals surface area contributed by atoms with Gasteiger partial charge in [-0.2, -0.15) is 0 Å². The van der Waals surface area contributed by atoms with Crippen LogP contribution in [0.25, 0.3) is 17.1 Å². The van der Waals surface area contributed by atoms with Crippen LogP contribution in [-0.2, 0) is 4.74 Å². The topological polar surface area (TPSA) is 49.2 Å². The highest BCUT2D eigenvalue weighted by Crippen LogP contribution is 2.30. The van der Waals surface area contributed by atoms with E-state index in [-0.39, 0.29) is 0 Å². The van der Waals surface area contributed by atoms with Gasteiger partial charge in [-0.3, -0.25) is 4.57 Å². The molecule has 0 aliphatic carbocycles. The summed E-state index contributed by atoms with van der Waals surface area (Å²) >= 11 is 1.71. The molecule has 0 unspecified atom stereocenters. The summed E-state index contributed by atoms with van der Waals surface area (Å²) in [5.74, 6) is 2.56. The molecular weight excluding hydrogens is 358 g/mol. The Hall–Kier alpha value is -2.31. The van der Waals surface area contributed by atoms with Crippen molar-refractivity contribution in [3.63, 3.8) is 0 Å². The standard InChI is InChI=1S/C21H23N3O2S/c1-25-18-12-10-17(11-13-18)24-20(16-7-3-2-4-8-16)22-23-21(24)27-15-19-9-5-6-14-26-19/h2-4,7-8,10-13,19H,5-6,9,14-15H2,1H3/t19-/m0/s1. The van der Waals surface area contributed by atoms with Crippen LogP contribution in [0, 0.1) is 0 Å². The minimum Gasteiger partial charge on any atom is -0.497 e. The fourth-order valence-corrected chi connectivity index (χ4v) is 4.23. The summed E-state index contributed by atoms with van der Waals surface area (Å²) in [6, 6.07) is 18.2. The van der Waals surface area contributed by atoms with E-state index in [9.17, 15) is 0 Å². The van der Waals surface area contributed by atoms with Gasteiger partial charge in [0.25, 0.3) is 0 Å². The van der Waals surface area contributed by atoms with E-state index in [1.807, 2.05) is 42.5 Å². The van der Waals surface area contributed by atoms with E-state index >= 15 is 0 Å². The Kier molecular flexibility index (Phi) is 5.75. The maximum atomic E-state index is 5.87. The van der Waals surface area contributed by atoms with E-state index in [4.69, 9.17) is 9.47 Å². The van der Waals surface area contributed by atoms with Crippen LogP contribution >= 0.6 is 11.8 Å². The summed E-state index contributed by atoms with van der Waals surface area (Å²) in [5.41, 5.74) is 2.06. The number of thioether (sulfide) groups is 1. The molecule has 0 N–H and O–H groups in total. The summed E-state index contributed by atoms with van der Waals surface area (Å²) in [4.78, 5) is 0. The summed E-state index contributed by atoms with van der Waals surface area (Å²) in [6.07, 6.45) is 3.83. The normalized spacial score (nSPS) is 17.0. The van der Waals surface area contributed by atoms with E-state index in [2.05, 4.69) is 26.9 Å². The third kappa shape index (κ3) is 4.17. The molecule has 0 amide bonds. The first kappa shape index (κ1) is 18.1. The molecule has 0 radical (unpaired) electrons. The molecule has 3 aromatic rings. The van der Waals surface area contributed by atoms with E-state index < -0.39 is 0 Å². The predicted octanol–water partition coefficient (Wildman–Crippen LogP) is 4.60. The number of benzene rings is 2. The minimum absolute atomic E-state index is 0.296. The lowest BCUT2D eigenvalue weighted by Gasteiger charge is -2.22. The van der Waals surface area contributed by atoms with Crippen molar-refractivity contribution in [2.24, 2.45) is 0 Å². The van der Waals surface area contributed by atoms with Crippen LogP contribution in [0.5, 0.6) is 5.75 Å². The van der Waals surface area contributed by atoms with Crippen LogP contribution < -0.4 is 4.74 Å². The van der Waals surface area contributed by atoms with Gasteiger partial charge in [-0.05, 0) is 43.5 Å². The Labute approximate surface area is 163 Å². The van der Waals surface area contributed by atoms with Crippen molar-refractivity contribution in [1.82, 2.24) is 14.8 Å². The summed E-state index contributed by atoms with van der Waals surface area (Å²) in [7, 11) is 1.68. The van der Waals surface area contributed by atoms with Crippen LogP contribution in [0.15, 0.2) is 59.8 Å². The molecule has 6 heteroatoms. The quantitative estimate of drug-likeness (QED) is 0.584. The zero-order valence-corrected chi connectivity index (χ0v) is 16.2. The second kappa shape index (κ2) is 8.59. The second-order valence-electron chi connectivity index (χ2n) is 6.51. The van der Waals surface area contributed by atoms with Crippen molar-refractivity contribution < 1.29 is 9.47 Å². The number of rotatable bonds is 6. The molecule has 4 rings (SSSR count). The Morgan fingerprint density at radius 1 is 1.07 bits per heavy atom. The van der Waals surface area contributed by atoms with E-state index in [0.717, 1.165) is 46.8 Å². The Morgan fingerprint density at radius 3 is 2.59 bits per heavy atom. The van der Waals surface area contributed by atoms with Gasteiger partial charge in [-0.1, -0.05) is 42.1 Å². The van der Waals surface area contributed by atoms with E-state index in [1.165, 1.54) is 12.8 Å². The molecule has 1 aliphatic rings. The molecule has 27 heavy (non-hydrogen) atoms. The predicted molar refractivity (Wildman–Crippen MR) is 108 cm³/mol. The first-order chi connectivity index (χ1) is 13.3. The molecule has 1 aliphatic heterocycles. The van der Waals surface area contributed by atoms with Crippen molar-refractivity contribution in [2.45, 2.75) is 30.5 Å². The number of nitrogens with zero attached hydrogens (tertiary/aromatic N) is 3. The third-order valence-corrected chi connectivity index (χ3v) is 5.73. The van der Waals surface area contributed by atoms with Crippen LogP contribution in [0.3, 0.4) is 0 Å². The van der Waals surface area contributed by atoms with Crippen molar-refractivity contribution >= 4 is 11.8 Å². The molecule has 1 atom stereocenters. The average molecular weight is 382 g/mol. The lowest BCUT2D eigenvalue weighted by Crippen LogP contribution is -2.21. The van der Waals surface area contributed by atoms with Crippen molar-refractivity contribution in [3.05, 3.63) is 54.6 Å². The van der Waals surface area contributed by atoms with Gasteiger partial charge in [0.1, 0.15) is 5.75 Å². The molecule has 2 aromatic carbocycles. The lowest BCUT2D eigenvalue weighted by molar-refractivity contribution is 0.0315. The lowest BCUT2D eigenvalue weighted by atomic mass is 10.1. The maximum absolute atomic E-state index is 5.87. The highest BCUT2D eigenvalue weighted by Gasteiger charge is 2.19. The molecule has 1 fully saturated rings. The zero-order chi connectivity index (χ0) is 18.5. The summed E-state index contributed by atoms with van der Waals surface area (Å²) in [5, 5.41) is 9.86. The first-order valence-electron chi connectivity index (χ1n) is 9.25. The highest BCUT2D eigenvalue weighted by molar-refractivity contribution is 7.99. The van der Waals surface area contributed by atoms with E-state index in [1.54, 1.807) is 18.9 Å². The molecule has 2 heterocycles. The molecule has 0 bridgehead atoms. The van der Waals surface area contributed by atoms with Gasteiger partial charge in [0, 0.05) is 23.6 Å². The van der Waals surface area contributed by atoms with Gasteiger partial charge in [0.15, 0.2) is 11.0 Å². The monoisotopic (exact) mass is 381 g/mol.